The summed E-state index contributed by atoms with van der Waals surface area (Å²) in [6, 6.07) is 9.22. The molecule has 0 aliphatic carbocycles. The van der Waals surface area contributed by atoms with Crippen LogP contribution in [0.5, 0.6) is 5.75 Å². The van der Waals surface area contributed by atoms with Gasteiger partial charge in [-0.25, -0.2) is 9.97 Å². The Morgan fingerprint density at radius 1 is 1.10 bits per heavy atom. The van der Waals surface area contributed by atoms with Gasteiger partial charge in [-0.1, -0.05) is 0 Å². The molecule has 0 saturated carbocycles. The molecule has 2 aromatic rings. The minimum absolute atomic E-state index is 0.257. The second-order valence-corrected chi connectivity index (χ2v) is 5.11. The molecule has 1 aliphatic rings. The van der Waals surface area contributed by atoms with Crippen LogP contribution in [0.2, 0.25) is 0 Å². The van der Waals surface area contributed by atoms with E-state index in [0.717, 1.165) is 43.1 Å². The van der Waals surface area contributed by atoms with Crippen LogP contribution in [0.3, 0.4) is 0 Å². The van der Waals surface area contributed by atoms with Gasteiger partial charge in [0.1, 0.15) is 5.75 Å². The Morgan fingerprint density at radius 3 is 2.50 bits per heavy atom. The first-order valence-electron chi connectivity index (χ1n) is 6.85. The maximum absolute atomic E-state index is 9.33. The SMILES string of the molecule is NC1CCN(c2nccc(-c3ccc(O)cc3)n2)CC1. The zero-order chi connectivity index (χ0) is 13.9. The van der Waals surface area contributed by atoms with Gasteiger partial charge in [-0.2, -0.15) is 0 Å². The molecule has 2 heterocycles. The van der Waals surface area contributed by atoms with Gasteiger partial charge >= 0.3 is 0 Å². The van der Waals surface area contributed by atoms with Gasteiger partial charge in [-0.15, -0.1) is 0 Å². The molecule has 1 fully saturated rings. The number of piperidine rings is 1. The monoisotopic (exact) mass is 270 g/mol. The molecule has 0 spiro atoms. The van der Waals surface area contributed by atoms with Crippen LogP contribution >= 0.6 is 0 Å². The molecular weight excluding hydrogens is 252 g/mol. The first kappa shape index (κ1) is 12.9. The molecule has 3 N–H and O–H groups in total. The molecule has 0 radical (unpaired) electrons. The van der Waals surface area contributed by atoms with Crippen molar-refractivity contribution in [1.29, 1.82) is 0 Å². The van der Waals surface area contributed by atoms with E-state index < -0.39 is 0 Å². The quantitative estimate of drug-likeness (QED) is 0.870. The highest BCUT2D eigenvalue weighted by molar-refractivity contribution is 5.61. The number of phenols is 1. The predicted octanol–water partition coefficient (Wildman–Crippen LogP) is 1.78. The number of hydrogen-bond donors (Lipinski definition) is 2. The predicted molar refractivity (Wildman–Crippen MR) is 78.6 cm³/mol. The van der Waals surface area contributed by atoms with E-state index >= 15 is 0 Å². The van der Waals surface area contributed by atoms with Crippen molar-refractivity contribution in [2.45, 2.75) is 18.9 Å². The van der Waals surface area contributed by atoms with Crippen molar-refractivity contribution in [2.75, 3.05) is 18.0 Å². The molecule has 5 heteroatoms. The topological polar surface area (TPSA) is 75.3 Å². The summed E-state index contributed by atoms with van der Waals surface area (Å²) in [5.74, 6) is 1.01. The summed E-state index contributed by atoms with van der Waals surface area (Å²) in [4.78, 5) is 11.1. The minimum atomic E-state index is 0.257. The number of nitrogens with zero attached hydrogens (tertiary/aromatic N) is 3. The third kappa shape index (κ3) is 2.72. The standard InChI is InChI=1S/C15H18N4O/c16-12-6-9-19(10-7-12)15-17-8-5-14(18-15)11-1-3-13(20)4-2-11/h1-5,8,12,20H,6-7,9-10,16H2. The maximum atomic E-state index is 9.33. The average molecular weight is 270 g/mol. The van der Waals surface area contributed by atoms with E-state index in [1.165, 1.54) is 0 Å². The van der Waals surface area contributed by atoms with Crippen molar-refractivity contribution in [3.8, 4) is 17.0 Å². The van der Waals surface area contributed by atoms with Crippen molar-refractivity contribution >= 4 is 5.95 Å². The number of benzene rings is 1. The summed E-state index contributed by atoms with van der Waals surface area (Å²) >= 11 is 0. The van der Waals surface area contributed by atoms with Crippen LogP contribution in [-0.4, -0.2) is 34.2 Å². The van der Waals surface area contributed by atoms with Crippen molar-refractivity contribution in [3.05, 3.63) is 36.5 Å². The number of nitrogens with two attached hydrogens (primary N) is 1. The summed E-state index contributed by atoms with van der Waals surface area (Å²) in [5, 5.41) is 9.33. The fraction of sp³-hybridized carbons (Fsp3) is 0.333. The van der Waals surface area contributed by atoms with Crippen molar-refractivity contribution < 1.29 is 5.11 Å². The van der Waals surface area contributed by atoms with Gasteiger partial charge in [-0.3, -0.25) is 0 Å². The van der Waals surface area contributed by atoms with Gasteiger partial charge in [0.2, 0.25) is 5.95 Å². The Kier molecular flexibility index (Phi) is 3.52. The first-order valence-corrected chi connectivity index (χ1v) is 6.85. The average Bonchev–Trinajstić information content (AvgIpc) is 2.49. The summed E-state index contributed by atoms with van der Waals surface area (Å²) in [5.41, 5.74) is 7.76. The summed E-state index contributed by atoms with van der Waals surface area (Å²) < 4.78 is 0. The second-order valence-electron chi connectivity index (χ2n) is 5.11. The maximum Gasteiger partial charge on any atom is 0.225 e. The lowest BCUT2D eigenvalue weighted by Gasteiger charge is -2.30. The van der Waals surface area contributed by atoms with E-state index in [1.54, 1.807) is 18.3 Å². The number of phenolic OH excluding ortho intramolecular Hbond substituents is 1. The molecule has 1 aromatic carbocycles. The molecule has 104 valence electrons. The Balaban J connectivity index is 1.84. The molecule has 3 rings (SSSR count). The van der Waals surface area contributed by atoms with Crippen LogP contribution in [0.15, 0.2) is 36.5 Å². The van der Waals surface area contributed by atoms with Crippen LogP contribution in [-0.2, 0) is 0 Å². The summed E-state index contributed by atoms with van der Waals surface area (Å²) in [7, 11) is 0. The van der Waals surface area contributed by atoms with Crippen LogP contribution < -0.4 is 10.6 Å². The molecule has 1 aliphatic heterocycles. The Morgan fingerprint density at radius 2 is 1.80 bits per heavy atom. The van der Waals surface area contributed by atoms with Crippen LogP contribution in [0, 0.1) is 0 Å². The number of aromatic nitrogens is 2. The van der Waals surface area contributed by atoms with Crippen molar-refractivity contribution in [3.63, 3.8) is 0 Å². The zero-order valence-corrected chi connectivity index (χ0v) is 11.2. The molecular formula is C15H18N4O. The minimum Gasteiger partial charge on any atom is -0.508 e. The molecule has 20 heavy (non-hydrogen) atoms. The Hall–Kier alpha value is -2.14. The smallest absolute Gasteiger partial charge is 0.225 e. The summed E-state index contributed by atoms with van der Waals surface area (Å²) in [6.45, 7) is 1.81. The Labute approximate surface area is 118 Å². The fourth-order valence-electron chi connectivity index (χ4n) is 2.39. The number of rotatable bonds is 2. The third-order valence-electron chi connectivity index (χ3n) is 3.63. The number of anilines is 1. The third-order valence-corrected chi connectivity index (χ3v) is 3.63. The van der Waals surface area contributed by atoms with Crippen molar-refractivity contribution in [2.24, 2.45) is 5.73 Å². The van der Waals surface area contributed by atoms with Gasteiger partial charge in [0.25, 0.3) is 0 Å². The van der Waals surface area contributed by atoms with E-state index in [2.05, 4.69) is 14.9 Å². The molecule has 5 nitrogen and oxygen atoms in total. The molecule has 0 bridgehead atoms. The molecule has 0 atom stereocenters. The highest BCUT2D eigenvalue weighted by atomic mass is 16.3. The first-order chi connectivity index (χ1) is 9.72. The van der Waals surface area contributed by atoms with Crippen LogP contribution in [0.4, 0.5) is 5.95 Å². The van der Waals surface area contributed by atoms with Gasteiger partial charge < -0.3 is 15.7 Å². The lowest BCUT2D eigenvalue weighted by Crippen LogP contribution is -2.40. The Bertz CT molecular complexity index is 577. The normalized spacial score (nSPS) is 16.4. The van der Waals surface area contributed by atoms with E-state index in [1.807, 2.05) is 18.2 Å². The molecule has 1 aromatic heterocycles. The second kappa shape index (κ2) is 5.46. The summed E-state index contributed by atoms with van der Waals surface area (Å²) in [6.07, 6.45) is 3.73. The van der Waals surface area contributed by atoms with Crippen LogP contribution in [0.25, 0.3) is 11.3 Å². The number of hydrogen-bond acceptors (Lipinski definition) is 5. The molecule has 0 amide bonds. The van der Waals surface area contributed by atoms with E-state index in [-0.39, 0.29) is 5.75 Å². The van der Waals surface area contributed by atoms with E-state index in [9.17, 15) is 5.11 Å². The highest BCUT2D eigenvalue weighted by Gasteiger charge is 2.18. The molecule has 0 unspecified atom stereocenters. The zero-order valence-electron chi connectivity index (χ0n) is 11.2. The molecule has 1 saturated heterocycles. The highest BCUT2D eigenvalue weighted by Crippen LogP contribution is 2.22. The largest absolute Gasteiger partial charge is 0.508 e. The van der Waals surface area contributed by atoms with E-state index in [0.29, 0.717) is 6.04 Å². The van der Waals surface area contributed by atoms with Gasteiger partial charge in [0.05, 0.1) is 5.69 Å². The van der Waals surface area contributed by atoms with Gasteiger partial charge in [-0.05, 0) is 43.2 Å². The number of aromatic hydroxyl groups is 1. The fourth-order valence-corrected chi connectivity index (χ4v) is 2.39. The van der Waals surface area contributed by atoms with Crippen LogP contribution in [0.1, 0.15) is 12.8 Å². The lowest BCUT2D eigenvalue weighted by atomic mass is 10.1. The van der Waals surface area contributed by atoms with E-state index in [4.69, 9.17) is 5.73 Å². The van der Waals surface area contributed by atoms with Gasteiger partial charge in [0, 0.05) is 30.9 Å². The van der Waals surface area contributed by atoms with Crippen molar-refractivity contribution in [1.82, 2.24) is 9.97 Å². The lowest BCUT2D eigenvalue weighted by molar-refractivity contribution is 0.475. The van der Waals surface area contributed by atoms with Gasteiger partial charge in [0.15, 0.2) is 0 Å².